The molecule has 3 atom stereocenters. The van der Waals surface area contributed by atoms with E-state index in [1.54, 1.807) is 0 Å². The zero-order valence-corrected chi connectivity index (χ0v) is 10.8. The molecular weight excluding hydrogens is 231 g/mol. The fourth-order valence-electron chi connectivity index (χ4n) is 2.95. The van der Waals surface area contributed by atoms with Crippen LogP contribution < -0.4 is 0 Å². The number of halogens is 2. The molecule has 2 aliphatic carbocycles. The molecule has 1 nitrogen and oxygen atoms in total. The Morgan fingerprint density at radius 2 is 2.07 bits per heavy atom. The van der Waals surface area contributed by atoms with Gasteiger partial charge in [-0.25, -0.2) is 0 Å². The van der Waals surface area contributed by atoms with Crippen molar-refractivity contribution in [2.45, 2.75) is 31.5 Å². The first-order valence-electron chi connectivity index (χ1n) is 5.46. The van der Waals surface area contributed by atoms with Crippen LogP contribution in [0, 0.1) is 23.7 Å². The van der Waals surface area contributed by atoms with Crippen molar-refractivity contribution >= 4 is 29.0 Å². The van der Waals surface area contributed by atoms with E-state index in [1.807, 2.05) is 6.92 Å². The van der Waals surface area contributed by atoms with Gasteiger partial charge in [-0.1, -0.05) is 48.7 Å². The standard InChI is InChI=1S/C12H16Cl2O/c1-6(2)8-5-4-7(3)10-9(8)11(15)12(10,13)14/h4,6,8-10H,5H2,1-3H3/t8-,9-,10+/m1/s1. The Bertz CT molecular complexity index is 331. The minimum absolute atomic E-state index is 0.0296. The van der Waals surface area contributed by atoms with E-state index >= 15 is 0 Å². The molecule has 0 aromatic heterocycles. The summed E-state index contributed by atoms with van der Waals surface area (Å²) >= 11 is 12.1. The second-order valence-corrected chi connectivity index (χ2v) is 6.47. The highest BCUT2D eigenvalue weighted by Gasteiger charge is 2.64. The fourth-order valence-corrected chi connectivity index (χ4v) is 3.82. The number of hydrogen-bond donors (Lipinski definition) is 0. The van der Waals surface area contributed by atoms with E-state index in [4.69, 9.17) is 23.2 Å². The van der Waals surface area contributed by atoms with Crippen LogP contribution in [0.5, 0.6) is 0 Å². The number of hydrogen-bond acceptors (Lipinski definition) is 1. The van der Waals surface area contributed by atoms with Gasteiger partial charge in [-0.05, 0) is 25.2 Å². The van der Waals surface area contributed by atoms with Gasteiger partial charge in [-0.3, -0.25) is 4.79 Å². The number of carbonyl (C=O) groups excluding carboxylic acids is 1. The van der Waals surface area contributed by atoms with Gasteiger partial charge in [0.05, 0.1) is 0 Å². The van der Waals surface area contributed by atoms with E-state index in [2.05, 4.69) is 19.9 Å². The molecule has 0 amide bonds. The van der Waals surface area contributed by atoms with E-state index in [0.717, 1.165) is 6.42 Å². The lowest BCUT2D eigenvalue weighted by atomic mass is 9.56. The molecule has 2 aliphatic rings. The molecule has 1 saturated carbocycles. The Labute approximate surface area is 101 Å². The fraction of sp³-hybridized carbons (Fsp3) is 0.750. The summed E-state index contributed by atoms with van der Waals surface area (Å²) in [6.07, 6.45) is 3.18. The molecule has 0 aliphatic heterocycles. The summed E-state index contributed by atoms with van der Waals surface area (Å²) in [5.41, 5.74) is 1.18. The van der Waals surface area contributed by atoms with E-state index in [9.17, 15) is 4.79 Å². The van der Waals surface area contributed by atoms with E-state index in [1.165, 1.54) is 5.57 Å². The van der Waals surface area contributed by atoms with Gasteiger partial charge in [-0.2, -0.15) is 0 Å². The second kappa shape index (κ2) is 3.49. The number of carbonyl (C=O) groups is 1. The van der Waals surface area contributed by atoms with Gasteiger partial charge in [0, 0.05) is 11.8 Å². The molecule has 0 N–H and O–H groups in total. The third kappa shape index (κ3) is 1.47. The molecule has 0 spiro atoms. The van der Waals surface area contributed by atoms with E-state index in [-0.39, 0.29) is 17.6 Å². The number of rotatable bonds is 1. The smallest absolute Gasteiger partial charge is 0.183 e. The van der Waals surface area contributed by atoms with Crippen molar-refractivity contribution in [3.63, 3.8) is 0 Å². The van der Waals surface area contributed by atoms with Crippen LogP contribution in [0.3, 0.4) is 0 Å². The Kier molecular flexibility index (Phi) is 2.67. The molecule has 0 heterocycles. The summed E-state index contributed by atoms with van der Waals surface area (Å²) < 4.78 is -1.15. The Morgan fingerprint density at radius 3 is 2.60 bits per heavy atom. The number of fused-ring (bicyclic) bond motifs is 1. The molecule has 0 bridgehead atoms. The van der Waals surface area contributed by atoms with Gasteiger partial charge in [-0.15, -0.1) is 0 Å². The Morgan fingerprint density at radius 1 is 1.47 bits per heavy atom. The molecule has 1 fully saturated rings. The van der Waals surface area contributed by atoms with Crippen molar-refractivity contribution in [2.75, 3.05) is 0 Å². The predicted octanol–water partition coefficient (Wildman–Crippen LogP) is 3.60. The first-order chi connectivity index (χ1) is 6.87. The molecule has 2 rings (SSSR count). The zero-order chi connectivity index (χ0) is 11.4. The molecule has 15 heavy (non-hydrogen) atoms. The highest BCUT2D eigenvalue weighted by atomic mass is 35.5. The van der Waals surface area contributed by atoms with Crippen molar-refractivity contribution in [1.29, 1.82) is 0 Å². The lowest BCUT2D eigenvalue weighted by Gasteiger charge is -2.52. The second-order valence-electron chi connectivity index (χ2n) is 5.08. The molecule has 3 heteroatoms. The monoisotopic (exact) mass is 246 g/mol. The third-order valence-corrected chi connectivity index (χ3v) is 4.74. The van der Waals surface area contributed by atoms with E-state index < -0.39 is 4.33 Å². The Balaban J connectivity index is 2.33. The van der Waals surface area contributed by atoms with Crippen molar-refractivity contribution < 1.29 is 4.79 Å². The van der Waals surface area contributed by atoms with E-state index in [0.29, 0.717) is 11.8 Å². The average molecular weight is 247 g/mol. The first-order valence-corrected chi connectivity index (χ1v) is 6.21. The van der Waals surface area contributed by atoms with Crippen LogP contribution in [0.4, 0.5) is 0 Å². The summed E-state index contributed by atoms with van der Waals surface area (Å²) in [5.74, 6) is 1.06. The van der Waals surface area contributed by atoms with Gasteiger partial charge < -0.3 is 0 Å². The van der Waals surface area contributed by atoms with Gasteiger partial charge in [0.25, 0.3) is 0 Å². The minimum atomic E-state index is -1.15. The number of alkyl halides is 2. The Hall–Kier alpha value is -0.0100. The first kappa shape index (κ1) is 11.5. The quantitative estimate of drug-likeness (QED) is 0.511. The molecule has 0 aromatic carbocycles. The van der Waals surface area contributed by atoms with Crippen molar-refractivity contribution in [2.24, 2.45) is 23.7 Å². The largest absolute Gasteiger partial charge is 0.296 e. The van der Waals surface area contributed by atoms with Gasteiger partial charge in [0.1, 0.15) is 0 Å². The van der Waals surface area contributed by atoms with Gasteiger partial charge in [0.15, 0.2) is 10.1 Å². The van der Waals surface area contributed by atoms with Crippen LogP contribution in [-0.2, 0) is 4.79 Å². The normalized spacial score (nSPS) is 38.4. The molecule has 0 radical (unpaired) electrons. The summed E-state index contributed by atoms with van der Waals surface area (Å²) in [4.78, 5) is 11.9. The van der Waals surface area contributed by atoms with Crippen LogP contribution in [0.25, 0.3) is 0 Å². The number of allylic oxidation sites excluding steroid dienone is 2. The zero-order valence-electron chi connectivity index (χ0n) is 9.26. The van der Waals surface area contributed by atoms with Crippen LogP contribution >= 0.6 is 23.2 Å². The molecule has 0 unspecified atom stereocenters. The number of Topliss-reactive ketones (excluding diaryl/α,β-unsaturated/α-hetero) is 1. The summed E-state index contributed by atoms with van der Waals surface area (Å²) in [5, 5.41) is 0. The minimum Gasteiger partial charge on any atom is -0.296 e. The predicted molar refractivity (Wildman–Crippen MR) is 63.1 cm³/mol. The van der Waals surface area contributed by atoms with Crippen LogP contribution in [0.1, 0.15) is 27.2 Å². The summed E-state index contributed by atoms with van der Waals surface area (Å²) in [7, 11) is 0. The molecule has 0 aromatic rings. The lowest BCUT2D eigenvalue weighted by molar-refractivity contribution is -0.138. The number of ketones is 1. The highest BCUT2D eigenvalue weighted by Crippen LogP contribution is 2.58. The average Bonchev–Trinajstić information content (AvgIpc) is 2.15. The lowest BCUT2D eigenvalue weighted by Crippen LogP contribution is -2.61. The van der Waals surface area contributed by atoms with Crippen LogP contribution in [0.2, 0.25) is 0 Å². The van der Waals surface area contributed by atoms with Crippen LogP contribution in [-0.4, -0.2) is 10.1 Å². The molecule has 84 valence electrons. The van der Waals surface area contributed by atoms with Crippen molar-refractivity contribution in [3.8, 4) is 0 Å². The SMILES string of the molecule is CC1=CC[C@H](C(C)C)[C@H]2C(=O)C(Cl)(Cl)[C@@H]12. The highest BCUT2D eigenvalue weighted by molar-refractivity contribution is 6.61. The maximum Gasteiger partial charge on any atom is 0.183 e. The van der Waals surface area contributed by atoms with Gasteiger partial charge >= 0.3 is 0 Å². The topological polar surface area (TPSA) is 17.1 Å². The molecular formula is C12H16Cl2O. The van der Waals surface area contributed by atoms with Crippen molar-refractivity contribution in [1.82, 2.24) is 0 Å². The maximum atomic E-state index is 11.9. The molecule has 0 saturated heterocycles. The third-order valence-electron chi connectivity index (χ3n) is 3.90. The maximum absolute atomic E-state index is 11.9. The summed E-state index contributed by atoms with van der Waals surface area (Å²) in [6, 6.07) is 0. The van der Waals surface area contributed by atoms with Gasteiger partial charge in [0.2, 0.25) is 0 Å². The summed E-state index contributed by atoms with van der Waals surface area (Å²) in [6.45, 7) is 6.35. The van der Waals surface area contributed by atoms with Crippen molar-refractivity contribution in [3.05, 3.63) is 11.6 Å². The van der Waals surface area contributed by atoms with Crippen LogP contribution in [0.15, 0.2) is 11.6 Å².